The van der Waals surface area contributed by atoms with Crippen LogP contribution in [0.2, 0.25) is 0 Å². The summed E-state index contributed by atoms with van der Waals surface area (Å²) < 4.78 is 17.0. The number of phenolic OH excluding ortho intramolecular Hbond substituents is 1. The highest BCUT2D eigenvalue weighted by Gasteiger charge is 2.42. The highest BCUT2D eigenvalue weighted by atomic mass is 32.2. The van der Waals surface area contributed by atoms with Gasteiger partial charge < -0.3 is 15.2 Å². The Morgan fingerprint density at radius 3 is 2.55 bits per heavy atom. The highest BCUT2D eigenvalue weighted by molar-refractivity contribution is 7.84. The number of benzene rings is 2. The van der Waals surface area contributed by atoms with Gasteiger partial charge in [-0.25, -0.2) is 0 Å². The molecule has 0 saturated carbocycles. The van der Waals surface area contributed by atoms with E-state index in [1.807, 2.05) is 0 Å². The summed E-state index contributed by atoms with van der Waals surface area (Å²) in [6, 6.07) is 8.26. The van der Waals surface area contributed by atoms with Crippen LogP contribution in [0.4, 0.5) is 5.69 Å². The van der Waals surface area contributed by atoms with Gasteiger partial charge in [-0.15, -0.1) is 0 Å². The van der Waals surface area contributed by atoms with E-state index in [1.54, 1.807) is 18.2 Å². The number of ether oxygens (including phenoxy) is 1. The molecule has 2 N–H and O–H groups in total. The Hall–Kier alpha value is -3.20. The van der Waals surface area contributed by atoms with Gasteiger partial charge in [0, 0.05) is 29.7 Å². The van der Waals surface area contributed by atoms with Crippen LogP contribution in [0, 0.1) is 0 Å². The van der Waals surface area contributed by atoms with E-state index in [-0.39, 0.29) is 40.0 Å². The summed E-state index contributed by atoms with van der Waals surface area (Å²) in [5.74, 6) is -1.45. The van der Waals surface area contributed by atoms with Crippen molar-refractivity contribution in [2.45, 2.75) is 13.0 Å². The summed E-state index contributed by atoms with van der Waals surface area (Å²) in [5, 5.41) is 12.7. The van der Waals surface area contributed by atoms with Gasteiger partial charge >= 0.3 is 0 Å². The average Bonchev–Trinajstić information content (AvgIpc) is 2.91. The van der Waals surface area contributed by atoms with Crippen LogP contribution >= 0.6 is 0 Å². The number of nitrogens with zero attached hydrogens (tertiary/aromatic N) is 1. The Morgan fingerprint density at radius 1 is 1.24 bits per heavy atom. The van der Waals surface area contributed by atoms with Gasteiger partial charge in [0.05, 0.1) is 30.0 Å². The first-order valence-electron chi connectivity index (χ1n) is 8.70. The zero-order chi connectivity index (χ0) is 21.3. The van der Waals surface area contributed by atoms with Crippen LogP contribution in [0.5, 0.6) is 11.5 Å². The maximum atomic E-state index is 13.2. The van der Waals surface area contributed by atoms with Crippen LogP contribution in [0.25, 0.3) is 0 Å². The third-order valence-corrected chi connectivity index (χ3v) is 5.33. The number of hydrogen-bond donors (Lipinski definition) is 2. The molecule has 1 heterocycles. The predicted octanol–water partition coefficient (Wildman–Crippen LogP) is 2.08. The molecule has 2 aromatic rings. The van der Waals surface area contributed by atoms with E-state index in [0.29, 0.717) is 5.56 Å². The Kier molecular flexibility index (Phi) is 5.69. The molecular weight excluding hydrogens is 396 g/mol. The number of rotatable bonds is 6. The van der Waals surface area contributed by atoms with Crippen molar-refractivity contribution in [3.8, 4) is 11.5 Å². The summed E-state index contributed by atoms with van der Waals surface area (Å²) in [6.45, 7) is 1.31. The van der Waals surface area contributed by atoms with Gasteiger partial charge in [0.25, 0.3) is 11.8 Å². The van der Waals surface area contributed by atoms with Crippen LogP contribution in [-0.4, -0.2) is 51.1 Å². The van der Waals surface area contributed by atoms with E-state index in [9.17, 15) is 23.7 Å². The molecule has 0 saturated heterocycles. The summed E-state index contributed by atoms with van der Waals surface area (Å²) in [4.78, 5) is 38.7. The predicted molar refractivity (Wildman–Crippen MR) is 108 cm³/mol. The standard InChI is InChI=1S/C20H20N2O6S/c1-11(23)21-14-6-4-5-13-18(14)20(26)22(19(13)25)15(10-29(3)27)12-7-8-17(28-2)16(24)9-12/h4-9,15,24H,10H2,1-3H3,(H,21,23)/t15-,29?/m1/s1. The van der Waals surface area contributed by atoms with E-state index in [2.05, 4.69) is 5.32 Å². The molecular formula is C20H20N2O6S. The number of fused-ring (bicyclic) bond motifs is 1. The van der Waals surface area contributed by atoms with E-state index in [0.717, 1.165) is 4.90 Å². The monoisotopic (exact) mass is 416 g/mol. The first kappa shape index (κ1) is 20.5. The molecule has 1 aliphatic rings. The molecule has 1 aliphatic heterocycles. The maximum Gasteiger partial charge on any atom is 0.264 e. The largest absolute Gasteiger partial charge is 0.504 e. The molecule has 0 radical (unpaired) electrons. The van der Waals surface area contributed by atoms with Gasteiger partial charge in [-0.2, -0.15) is 0 Å². The fraction of sp³-hybridized carbons (Fsp3) is 0.250. The molecule has 29 heavy (non-hydrogen) atoms. The van der Waals surface area contributed by atoms with Gasteiger partial charge in [0.1, 0.15) is 0 Å². The van der Waals surface area contributed by atoms with Crippen LogP contribution in [0.1, 0.15) is 39.2 Å². The molecule has 0 fully saturated rings. The number of imide groups is 1. The number of amides is 3. The molecule has 152 valence electrons. The fourth-order valence-electron chi connectivity index (χ4n) is 3.34. The third-order valence-electron chi connectivity index (χ3n) is 4.55. The molecule has 0 bridgehead atoms. The minimum Gasteiger partial charge on any atom is -0.504 e. The van der Waals surface area contributed by atoms with Crippen molar-refractivity contribution >= 4 is 34.2 Å². The Balaban J connectivity index is 2.09. The van der Waals surface area contributed by atoms with Crippen LogP contribution in [0.15, 0.2) is 36.4 Å². The minimum absolute atomic E-state index is 0.00723. The highest BCUT2D eigenvalue weighted by Crippen LogP contribution is 2.37. The lowest BCUT2D eigenvalue weighted by Crippen LogP contribution is -2.37. The summed E-state index contributed by atoms with van der Waals surface area (Å²) >= 11 is 0. The quantitative estimate of drug-likeness (QED) is 0.697. The Labute approximate surface area is 169 Å². The number of aromatic hydroxyl groups is 1. The SMILES string of the molecule is COc1ccc([C@@H](CS(C)=O)N2C(=O)c3cccc(NC(C)=O)c3C2=O)cc1O. The van der Waals surface area contributed by atoms with Gasteiger partial charge in [0.2, 0.25) is 5.91 Å². The second-order valence-electron chi connectivity index (χ2n) is 6.58. The van der Waals surface area contributed by atoms with Gasteiger partial charge in [-0.1, -0.05) is 12.1 Å². The smallest absolute Gasteiger partial charge is 0.264 e. The van der Waals surface area contributed by atoms with Crippen molar-refractivity contribution < 1.29 is 28.4 Å². The second kappa shape index (κ2) is 8.04. The van der Waals surface area contributed by atoms with E-state index in [4.69, 9.17) is 4.74 Å². The van der Waals surface area contributed by atoms with Crippen molar-refractivity contribution in [2.75, 3.05) is 24.4 Å². The topological polar surface area (TPSA) is 113 Å². The van der Waals surface area contributed by atoms with Crippen molar-refractivity contribution in [1.29, 1.82) is 0 Å². The molecule has 9 heteroatoms. The molecule has 1 unspecified atom stereocenters. The number of nitrogens with one attached hydrogen (secondary N) is 1. The molecule has 0 aromatic heterocycles. The summed E-state index contributed by atoms with van der Waals surface area (Å²) in [6.07, 6.45) is 1.47. The van der Waals surface area contributed by atoms with E-state index < -0.39 is 28.7 Å². The molecule has 0 spiro atoms. The fourth-order valence-corrected chi connectivity index (χ4v) is 4.12. The summed E-state index contributed by atoms with van der Waals surface area (Å²) in [7, 11) is 0.0595. The number of phenols is 1. The zero-order valence-corrected chi connectivity index (χ0v) is 16.9. The molecule has 0 aliphatic carbocycles. The van der Waals surface area contributed by atoms with Gasteiger partial charge in [-0.05, 0) is 29.8 Å². The number of hydrogen-bond acceptors (Lipinski definition) is 6. The molecule has 3 amide bonds. The molecule has 2 aromatic carbocycles. The third kappa shape index (κ3) is 3.86. The molecule has 8 nitrogen and oxygen atoms in total. The lowest BCUT2D eigenvalue weighted by molar-refractivity contribution is -0.114. The minimum atomic E-state index is -1.34. The van der Waals surface area contributed by atoms with Gasteiger partial charge in [-0.3, -0.25) is 23.5 Å². The van der Waals surface area contributed by atoms with Crippen molar-refractivity contribution in [3.63, 3.8) is 0 Å². The lowest BCUT2D eigenvalue weighted by Gasteiger charge is -2.26. The number of carbonyl (C=O) groups is 3. The average molecular weight is 416 g/mol. The number of carbonyl (C=O) groups excluding carboxylic acids is 3. The Bertz CT molecular complexity index is 1040. The Morgan fingerprint density at radius 2 is 1.97 bits per heavy atom. The van der Waals surface area contributed by atoms with Crippen LogP contribution in [-0.2, 0) is 15.6 Å². The van der Waals surface area contributed by atoms with Crippen LogP contribution < -0.4 is 10.1 Å². The second-order valence-corrected chi connectivity index (χ2v) is 8.06. The first-order chi connectivity index (χ1) is 13.7. The van der Waals surface area contributed by atoms with Crippen LogP contribution in [0.3, 0.4) is 0 Å². The number of methoxy groups -OCH3 is 1. The lowest BCUT2D eigenvalue weighted by atomic mass is 10.1. The van der Waals surface area contributed by atoms with Gasteiger partial charge in [0.15, 0.2) is 11.5 Å². The summed E-state index contributed by atoms with van der Waals surface area (Å²) in [5.41, 5.74) is 0.932. The number of anilines is 1. The zero-order valence-electron chi connectivity index (χ0n) is 16.1. The first-order valence-corrected chi connectivity index (χ1v) is 10.4. The van der Waals surface area contributed by atoms with Crippen molar-refractivity contribution in [2.24, 2.45) is 0 Å². The molecule has 2 atom stereocenters. The van der Waals surface area contributed by atoms with Crippen molar-refractivity contribution in [1.82, 2.24) is 4.90 Å². The van der Waals surface area contributed by atoms with Crippen molar-refractivity contribution in [3.05, 3.63) is 53.1 Å². The normalized spacial score (nSPS) is 15.1. The molecule has 3 rings (SSSR count). The van der Waals surface area contributed by atoms with E-state index in [1.165, 1.54) is 38.5 Å². The van der Waals surface area contributed by atoms with E-state index >= 15 is 0 Å². The maximum absolute atomic E-state index is 13.2.